The summed E-state index contributed by atoms with van der Waals surface area (Å²) in [5.74, 6) is 2.76. The maximum atomic E-state index is 12.6. The molecule has 1 N–H and O–H groups in total. The Hall–Kier alpha value is -1.55. The van der Waals surface area contributed by atoms with E-state index in [4.69, 9.17) is 4.74 Å². The fourth-order valence-electron chi connectivity index (χ4n) is 5.95. The van der Waals surface area contributed by atoms with Crippen LogP contribution in [-0.2, 0) is 4.79 Å². The first kappa shape index (κ1) is 18.5. The van der Waals surface area contributed by atoms with E-state index >= 15 is 0 Å². The van der Waals surface area contributed by atoms with Crippen LogP contribution in [0.1, 0.15) is 81.3 Å². The summed E-state index contributed by atoms with van der Waals surface area (Å²) in [6, 6.07) is 6.86. The zero-order valence-corrected chi connectivity index (χ0v) is 17.2. The number of carbonyl (C=O) groups excluding carboxylic acids is 1. The first-order valence-electron chi connectivity index (χ1n) is 11.1. The molecule has 0 atom stereocenters. The van der Waals surface area contributed by atoms with Crippen molar-refractivity contribution >= 4 is 5.91 Å². The summed E-state index contributed by atoms with van der Waals surface area (Å²) in [4.78, 5) is 14.6. The van der Waals surface area contributed by atoms with Gasteiger partial charge < -0.3 is 14.7 Å². The minimum atomic E-state index is -0.612. The first-order chi connectivity index (χ1) is 13.4. The molecule has 1 aromatic carbocycles. The summed E-state index contributed by atoms with van der Waals surface area (Å²) in [6.45, 7) is 3.71. The Balaban J connectivity index is 1.17. The fourth-order valence-corrected chi connectivity index (χ4v) is 5.95. The lowest BCUT2D eigenvalue weighted by atomic mass is 9.63. The summed E-state index contributed by atoms with van der Waals surface area (Å²) >= 11 is 0. The molecular formula is C24H33NO3. The fraction of sp³-hybridized carbons (Fsp3) is 0.708. The highest BCUT2D eigenvalue weighted by Crippen LogP contribution is 2.51. The van der Waals surface area contributed by atoms with Gasteiger partial charge in [-0.25, -0.2) is 0 Å². The Morgan fingerprint density at radius 2 is 1.79 bits per heavy atom. The van der Waals surface area contributed by atoms with E-state index in [1.165, 1.54) is 49.7 Å². The van der Waals surface area contributed by atoms with E-state index in [0.29, 0.717) is 30.1 Å². The lowest BCUT2D eigenvalue weighted by Crippen LogP contribution is -2.62. The first-order valence-corrected chi connectivity index (χ1v) is 11.1. The Morgan fingerprint density at radius 1 is 1.11 bits per heavy atom. The van der Waals surface area contributed by atoms with Crippen LogP contribution in [0.15, 0.2) is 18.2 Å². The molecule has 1 amide bonds. The van der Waals surface area contributed by atoms with Gasteiger partial charge in [0.05, 0.1) is 12.7 Å². The smallest absolute Gasteiger partial charge is 0.225 e. The van der Waals surface area contributed by atoms with Gasteiger partial charge in [0.1, 0.15) is 5.75 Å². The lowest BCUT2D eigenvalue weighted by molar-refractivity contribution is -0.163. The van der Waals surface area contributed by atoms with Gasteiger partial charge in [-0.15, -0.1) is 0 Å². The van der Waals surface area contributed by atoms with E-state index in [-0.39, 0.29) is 11.8 Å². The average molecular weight is 384 g/mol. The zero-order chi connectivity index (χ0) is 19.5. The van der Waals surface area contributed by atoms with E-state index in [1.807, 2.05) is 6.92 Å². The van der Waals surface area contributed by atoms with Crippen LogP contribution in [0.25, 0.3) is 0 Å². The van der Waals surface area contributed by atoms with Gasteiger partial charge in [0, 0.05) is 24.4 Å². The van der Waals surface area contributed by atoms with Gasteiger partial charge in [-0.3, -0.25) is 4.79 Å². The molecule has 4 fully saturated rings. The number of hydrogen-bond acceptors (Lipinski definition) is 3. The van der Waals surface area contributed by atoms with Crippen LogP contribution in [0.3, 0.4) is 0 Å². The van der Waals surface area contributed by atoms with Crippen molar-refractivity contribution in [1.29, 1.82) is 0 Å². The minimum Gasteiger partial charge on any atom is -0.496 e. The SMILES string of the molecule is COc1ccc(C2CCC3(CC2)CN(C(=O)C2CC(C)(O)C2)C3)cc1C1CC1. The summed E-state index contributed by atoms with van der Waals surface area (Å²) in [6.07, 6.45) is 8.80. The molecule has 1 aromatic rings. The molecule has 4 heteroatoms. The number of hydrogen-bond donors (Lipinski definition) is 1. The van der Waals surface area contributed by atoms with Gasteiger partial charge >= 0.3 is 0 Å². The van der Waals surface area contributed by atoms with Crippen LogP contribution in [0.2, 0.25) is 0 Å². The van der Waals surface area contributed by atoms with Crippen molar-refractivity contribution in [2.24, 2.45) is 11.3 Å². The molecule has 3 saturated carbocycles. The highest BCUT2D eigenvalue weighted by molar-refractivity contribution is 5.81. The monoisotopic (exact) mass is 383 g/mol. The molecule has 0 radical (unpaired) electrons. The maximum Gasteiger partial charge on any atom is 0.225 e. The Morgan fingerprint density at radius 3 is 2.36 bits per heavy atom. The van der Waals surface area contributed by atoms with Crippen molar-refractivity contribution in [2.75, 3.05) is 20.2 Å². The normalized spacial score (nSPS) is 32.0. The van der Waals surface area contributed by atoms with E-state index in [2.05, 4.69) is 23.1 Å². The van der Waals surface area contributed by atoms with Gasteiger partial charge in [-0.1, -0.05) is 12.1 Å². The minimum absolute atomic E-state index is 0.0591. The Labute approximate surface area is 168 Å². The number of aliphatic hydroxyl groups is 1. The van der Waals surface area contributed by atoms with Gasteiger partial charge in [0.2, 0.25) is 5.91 Å². The number of rotatable bonds is 4. The van der Waals surface area contributed by atoms with Gasteiger partial charge in [-0.2, -0.15) is 0 Å². The molecular weight excluding hydrogens is 350 g/mol. The standard InChI is InChI=1S/C24H33NO3/c1-23(27)12-19(13-23)22(26)25-14-24(15-25)9-7-16(8-10-24)18-5-6-21(28-2)20(11-18)17-3-4-17/h5-6,11,16-17,19,27H,3-4,7-10,12-15H2,1-2H3. The number of methoxy groups -OCH3 is 1. The number of carbonyl (C=O) groups is 1. The van der Waals surface area contributed by atoms with Crippen molar-refractivity contribution in [1.82, 2.24) is 4.90 Å². The summed E-state index contributed by atoms with van der Waals surface area (Å²) in [7, 11) is 1.78. The van der Waals surface area contributed by atoms with Crippen molar-refractivity contribution in [3.05, 3.63) is 29.3 Å². The molecule has 1 spiro atoms. The Bertz CT molecular complexity index is 758. The molecule has 0 unspecified atom stereocenters. The van der Waals surface area contributed by atoms with Crippen LogP contribution in [-0.4, -0.2) is 41.7 Å². The quantitative estimate of drug-likeness (QED) is 0.847. The molecule has 1 saturated heterocycles. The second kappa shape index (κ2) is 6.48. The van der Waals surface area contributed by atoms with Crippen LogP contribution in [0, 0.1) is 11.3 Å². The van der Waals surface area contributed by atoms with Crippen molar-refractivity contribution in [3.63, 3.8) is 0 Å². The molecule has 1 heterocycles. The molecule has 4 nitrogen and oxygen atoms in total. The largest absolute Gasteiger partial charge is 0.496 e. The van der Waals surface area contributed by atoms with Crippen molar-refractivity contribution < 1.29 is 14.6 Å². The lowest BCUT2D eigenvalue weighted by Gasteiger charge is -2.55. The van der Waals surface area contributed by atoms with Gasteiger partial charge in [-0.05, 0) is 87.3 Å². The summed E-state index contributed by atoms with van der Waals surface area (Å²) in [5.41, 5.74) is 2.65. The number of likely N-dealkylation sites (tertiary alicyclic amines) is 1. The van der Waals surface area contributed by atoms with E-state index in [0.717, 1.165) is 18.8 Å². The van der Waals surface area contributed by atoms with Crippen LogP contribution in [0.4, 0.5) is 0 Å². The third kappa shape index (κ3) is 3.24. The third-order valence-electron chi connectivity index (χ3n) is 7.87. The molecule has 1 aliphatic heterocycles. The molecule has 28 heavy (non-hydrogen) atoms. The average Bonchev–Trinajstić information content (AvgIpc) is 3.48. The number of nitrogens with zero attached hydrogens (tertiary/aromatic N) is 1. The molecule has 3 aliphatic carbocycles. The van der Waals surface area contributed by atoms with E-state index in [1.54, 1.807) is 7.11 Å². The highest BCUT2D eigenvalue weighted by atomic mass is 16.5. The maximum absolute atomic E-state index is 12.6. The van der Waals surface area contributed by atoms with Gasteiger partial charge in [0.15, 0.2) is 0 Å². The topological polar surface area (TPSA) is 49.8 Å². The van der Waals surface area contributed by atoms with Crippen molar-refractivity contribution in [2.45, 2.75) is 75.7 Å². The predicted molar refractivity (Wildman–Crippen MR) is 109 cm³/mol. The molecule has 5 rings (SSSR count). The second-order valence-electron chi connectivity index (χ2n) is 10.3. The Kier molecular flexibility index (Phi) is 4.28. The number of benzene rings is 1. The zero-order valence-electron chi connectivity index (χ0n) is 17.2. The van der Waals surface area contributed by atoms with Crippen LogP contribution in [0.5, 0.6) is 5.75 Å². The van der Waals surface area contributed by atoms with Crippen molar-refractivity contribution in [3.8, 4) is 5.75 Å². The van der Waals surface area contributed by atoms with Crippen LogP contribution < -0.4 is 4.74 Å². The molecule has 4 aliphatic rings. The predicted octanol–water partition coefficient (Wildman–Crippen LogP) is 4.22. The highest BCUT2D eigenvalue weighted by Gasteiger charge is 2.51. The second-order valence-corrected chi connectivity index (χ2v) is 10.3. The van der Waals surface area contributed by atoms with Crippen LogP contribution >= 0.6 is 0 Å². The van der Waals surface area contributed by atoms with E-state index < -0.39 is 5.60 Å². The molecule has 0 aromatic heterocycles. The molecule has 152 valence electrons. The number of ether oxygens (including phenoxy) is 1. The third-order valence-corrected chi connectivity index (χ3v) is 7.87. The molecule has 0 bridgehead atoms. The number of amides is 1. The summed E-state index contributed by atoms with van der Waals surface area (Å²) < 4.78 is 5.58. The summed E-state index contributed by atoms with van der Waals surface area (Å²) in [5, 5.41) is 9.90. The van der Waals surface area contributed by atoms with E-state index in [9.17, 15) is 9.90 Å². The van der Waals surface area contributed by atoms with Gasteiger partial charge in [0.25, 0.3) is 0 Å².